The van der Waals surface area contributed by atoms with Gasteiger partial charge in [-0.05, 0) is 51.1 Å². The molecule has 18 heavy (non-hydrogen) atoms. The molecule has 0 bridgehead atoms. The minimum Gasteiger partial charge on any atom is -0.468 e. The first-order chi connectivity index (χ1) is 8.76. The van der Waals surface area contributed by atoms with E-state index < -0.39 is 0 Å². The highest BCUT2D eigenvalue weighted by Gasteiger charge is 2.05. The number of nitrogens with zero attached hydrogens (tertiary/aromatic N) is 1. The molecule has 1 aromatic rings. The SMILES string of the molecule is CCCNCc1coc(CN(C)CCCSC)c1. The van der Waals surface area contributed by atoms with Crippen molar-refractivity contribution < 1.29 is 4.42 Å². The molecule has 1 N–H and O–H groups in total. The molecule has 1 heterocycles. The van der Waals surface area contributed by atoms with E-state index in [4.69, 9.17) is 4.42 Å². The maximum atomic E-state index is 5.59. The van der Waals surface area contributed by atoms with Crippen LogP contribution in [0.5, 0.6) is 0 Å². The first-order valence-corrected chi connectivity index (χ1v) is 8.10. The zero-order valence-corrected chi connectivity index (χ0v) is 12.7. The fourth-order valence-corrected chi connectivity index (χ4v) is 2.25. The Labute approximate surface area is 115 Å². The van der Waals surface area contributed by atoms with Crippen LogP contribution >= 0.6 is 11.8 Å². The highest BCUT2D eigenvalue weighted by molar-refractivity contribution is 7.98. The molecule has 0 unspecified atom stereocenters. The fourth-order valence-electron chi connectivity index (χ4n) is 1.84. The van der Waals surface area contributed by atoms with Gasteiger partial charge in [-0.2, -0.15) is 11.8 Å². The molecule has 0 spiro atoms. The van der Waals surface area contributed by atoms with Crippen LogP contribution in [-0.2, 0) is 13.1 Å². The van der Waals surface area contributed by atoms with Crippen LogP contribution in [0, 0.1) is 0 Å². The fraction of sp³-hybridized carbons (Fsp3) is 0.714. The summed E-state index contributed by atoms with van der Waals surface area (Å²) < 4.78 is 5.59. The Balaban J connectivity index is 2.25. The zero-order chi connectivity index (χ0) is 13.2. The molecule has 0 atom stereocenters. The largest absolute Gasteiger partial charge is 0.468 e. The van der Waals surface area contributed by atoms with Gasteiger partial charge in [0, 0.05) is 12.1 Å². The third-order valence-electron chi connectivity index (χ3n) is 2.78. The Morgan fingerprint density at radius 1 is 1.44 bits per heavy atom. The molecule has 0 fully saturated rings. The van der Waals surface area contributed by atoms with Gasteiger partial charge in [0.05, 0.1) is 12.8 Å². The zero-order valence-electron chi connectivity index (χ0n) is 11.9. The van der Waals surface area contributed by atoms with Gasteiger partial charge in [0.15, 0.2) is 0 Å². The number of nitrogens with one attached hydrogen (secondary N) is 1. The molecule has 0 saturated carbocycles. The number of furan rings is 1. The maximum absolute atomic E-state index is 5.59. The lowest BCUT2D eigenvalue weighted by Crippen LogP contribution is -2.19. The number of rotatable bonds is 10. The summed E-state index contributed by atoms with van der Waals surface area (Å²) in [6.07, 6.45) is 6.43. The molecule has 0 aliphatic heterocycles. The second-order valence-corrected chi connectivity index (χ2v) is 5.67. The van der Waals surface area contributed by atoms with E-state index in [1.165, 1.54) is 24.2 Å². The Morgan fingerprint density at radius 3 is 3.00 bits per heavy atom. The van der Waals surface area contributed by atoms with Crippen molar-refractivity contribution in [2.75, 3.05) is 32.1 Å². The number of thioether (sulfide) groups is 1. The lowest BCUT2D eigenvalue weighted by molar-refractivity contribution is 0.296. The predicted molar refractivity (Wildman–Crippen MR) is 80.0 cm³/mol. The maximum Gasteiger partial charge on any atom is 0.118 e. The van der Waals surface area contributed by atoms with Crippen molar-refractivity contribution in [1.82, 2.24) is 10.2 Å². The van der Waals surface area contributed by atoms with Crippen LogP contribution in [0.3, 0.4) is 0 Å². The molecule has 0 aliphatic rings. The average molecular weight is 270 g/mol. The second-order valence-electron chi connectivity index (χ2n) is 4.68. The van der Waals surface area contributed by atoms with Crippen LogP contribution in [-0.4, -0.2) is 37.0 Å². The number of hydrogen-bond donors (Lipinski definition) is 1. The minimum absolute atomic E-state index is 0.905. The highest BCUT2D eigenvalue weighted by Crippen LogP contribution is 2.10. The van der Waals surface area contributed by atoms with Crippen LogP contribution in [0.15, 0.2) is 16.7 Å². The summed E-state index contributed by atoms with van der Waals surface area (Å²) in [6.45, 7) is 6.19. The summed E-state index contributed by atoms with van der Waals surface area (Å²) in [5.74, 6) is 2.30. The molecule has 3 nitrogen and oxygen atoms in total. The smallest absolute Gasteiger partial charge is 0.118 e. The Bertz CT molecular complexity index is 314. The van der Waals surface area contributed by atoms with E-state index in [9.17, 15) is 0 Å². The summed E-state index contributed by atoms with van der Waals surface area (Å²) in [5, 5.41) is 3.38. The molecular weight excluding hydrogens is 244 g/mol. The van der Waals surface area contributed by atoms with Gasteiger partial charge in [-0.1, -0.05) is 6.92 Å². The second kappa shape index (κ2) is 9.48. The van der Waals surface area contributed by atoms with Crippen molar-refractivity contribution in [2.45, 2.75) is 32.9 Å². The molecule has 0 saturated heterocycles. The van der Waals surface area contributed by atoms with Gasteiger partial charge in [-0.25, -0.2) is 0 Å². The predicted octanol–water partition coefficient (Wildman–Crippen LogP) is 2.96. The molecule has 1 aromatic heterocycles. The van der Waals surface area contributed by atoms with Crippen molar-refractivity contribution in [1.29, 1.82) is 0 Å². The van der Waals surface area contributed by atoms with Gasteiger partial charge in [0.2, 0.25) is 0 Å². The van der Waals surface area contributed by atoms with E-state index in [1.54, 1.807) is 0 Å². The van der Waals surface area contributed by atoms with Crippen molar-refractivity contribution in [3.8, 4) is 0 Å². The quantitative estimate of drug-likeness (QED) is 0.662. The summed E-state index contributed by atoms with van der Waals surface area (Å²) in [6, 6.07) is 2.16. The van der Waals surface area contributed by atoms with Crippen LogP contribution in [0.1, 0.15) is 31.1 Å². The minimum atomic E-state index is 0.905. The first-order valence-electron chi connectivity index (χ1n) is 6.70. The van der Waals surface area contributed by atoms with Crippen LogP contribution in [0.25, 0.3) is 0 Å². The Morgan fingerprint density at radius 2 is 2.28 bits per heavy atom. The number of hydrogen-bond acceptors (Lipinski definition) is 4. The summed E-state index contributed by atoms with van der Waals surface area (Å²) in [5.41, 5.74) is 1.25. The third kappa shape index (κ3) is 6.47. The van der Waals surface area contributed by atoms with E-state index in [-0.39, 0.29) is 0 Å². The molecule has 0 amide bonds. The molecule has 0 radical (unpaired) electrons. The Hall–Kier alpha value is -0.450. The van der Waals surface area contributed by atoms with E-state index in [2.05, 4.69) is 36.5 Å². The summed E-state index contributed by atoms with van der Waals surface area (Å²) in [7, 11) is 2.15. The van der Waals surface area contributed by atoms with Gasteiger partial charge in [-0.15, -0.1) is 0 Å². The third-order valence-corrected chi connectivity index (χ3v) is 3.47. The highest BCUT2D eigenvalue weighted by atomic mass is 32.2. The molecule has 104 valence electrons. The lowest BCUT2D eigenvalue weighted by Gasteiger charge is -2.14. The normalized spacial score (nSPS) is 11.3. The summed E-state index contributed by atoms with van der Waals surface area (Å²) >= 11 is 1.91. The van der Waals surface area contributed by atoms with Gasteiger partial charge in [0.1, 0.15) is 5.76 Å². The van der Waals surface area contributed by atoms with Crippen LogP contribution in [0.4, 0.5) is 0 Å². The van der Waals surface area contributed by atoms with Gasteiger partial charge < -0.3 is 9.73 Å². The van der Waals surface area contributed by atoms with E-state index >= 15 is 0 Å². The first kappa shape index (κ1) is 15.6. The van der Waals surface area contributed by atoms with Gasteiger partial charge in [-0.3, -0.25) is 4.90 Å². The van der Waals surface area contributed by atoms with Crippen LogP contribution < -0.4 is 5.32 Å². The molecule has 0 aromatic carbocycles. The Kier molecular flexibility index (Phi) is 8.22. The van der Waals surface area contributed by atoms with E-state index in [1.807, 2.05) is 18.0 Å². The monoisotopic (exact) mass is 270 g/mol. The van der Waals surface area contributed by atoms with Crippen molar-refractivity contribution >= 4 is 11.8 Å². The van der Waals surface area contributed by atoms with Crippen molar-refractivity contribution in [3.05, 3.63) is 23.7 Å². The molecule has 1 rings (SSSR count). The topological polar surface area (TPSA) is 28.4 Å². The molecule has 4 heteroatoms. The van der Waals surface area contributed by atoms with Gasteiger partial charge in [0.25, 0.3) is 0 Å². The van der Waals surface area contributed by atoms with E-state index in [0.717, 1.165) is 31.9 Å². The van der Waals surface area contributed by atoms with Crippen molar-refractivity contribution in [2.24, 2.45) is 0 Å². The lowest BCUT2D eigenvalue weighted by atomic mass is 10.3. The van der Waals surface area contributed by atoms with Crippen LogP contribution in [0.2, 0.25) is 0 Å². The average Bonchev–Trinajstić information content (AvgIpc) is 2.77. The standard InChI is InChI=1S/C14H26N2OS/c1-4-6-15-10-13-9-14(17-12-13)11-16(2)7-5-8-18-3/h9,12,15H,4-8,10-11H2,1-3H3. The molecule has 0 aliphatic carbocycles. The summed E-state index contributed by atoms with van der Waals surface area (Å²) in [4.78, 5) is 2.32. The molecular formula is C14H26N2OS. The van der Waals surface area contributed by atoms with Gasteiger partial charge >= 0.3 is 0 Å². The van der Waals surface area contributed by atoms with Crippen molar-refractivity contribution in [3.63, 3.8) is 0 Å². The van der Waals surface area contributed by atoms with E-state index in [0.29, 0.717) is 0 Å².